The Morgan fingerprint density at radius 1 is 1.38 bits per heavy atom. The van der Waals surface area contributed by atoms with Gasteiger partial charge in [0, 0.05) is 19.0 Å². The summed E-state index contributed by atoms with van der Waals surface area (Å²) >= 11 is 0. The summed E-state index contributed by atoms with van der Waals surface area (Å²) in [6.45, 7) is 3.53. The molecule has 5 heteroatoms. The van der Waals surface area contributed by atoms with E-state index < -0.39 is 5.97 Å². The Balaban J connectivity index is 2.18. The van der Waals surface area contributed by atoms with E-state index in [0.29, 0.717) is 25.8 Å². The highest BCUT2D eigenvalue weighted by atomic mass is 16.4. The fraction of sp³-hybridized carbons (Fsp3) is 0.818. The van der Waals surface area contributed by atoms with Gasteiger partial charge in [0.15, 0.2) is 0 Å². The van der Waals surface area contributed by atoms with Crippen molar-refractivity contribution in [3.05, 3.63) is 0 Å². The minimum atomic E-state index is -0.746. The van der Waals surface area contributed by atoms with Crippen LogP contribution < -0.4 is 10.6 Å². The summed E-state index contributed by atoms with van der Waals surface area (Å²) in [5.74, 6) is -1.01. The van der Waals surface area contributed by atoms with Crippen LogP contribution >= 0.6 is 0 Å². The average molecular weight is 228 g/mol. The topological polar surface area (TPSA) is 78.4 Å². The molecule has 0 saturated heterocycles. The van der Waals surface area contributed by atoms with Crippen molar-refractivity contribution in [1.82, 2.24) is 10.6 Å². The predicted molar refractivity (Wildman–Crippen MR) is 60.1 cm³/mol. The summed E-state index contributed by atoms with van der Waals surface area (Å²) in [6, 6.07) is 0.0511. The number of carbonyl (C=O) groups is 2. The zero-order chi connectivity index (χ0) is 12.0. The number of hydrogen-bond donors (Lipinski definition) is 3. The summed E-state index contributed by atoms with van der Waals surface area (Å²) in [5, 5.41) is 14.8. The molecule has 1 fully saturated rings. The van der Waals surface area contributed by atoms with Crippen molar-refractivity contribution in [2.45, 2.75) is 38.6 Å². The Labute approximate surface area is 95.6 Å². The van der Waals surface area contributed by atoms with Gasteiger partial charge in [-0.1, -0.05) is 6.92 Å². The van der Waals surface area contributed by atoms with Crippen LogP contribution in [0.4, 0.5) is 0 Å². The molecule has 0 aromatic heterocycles. The van der Waals surface area contributed by atoms with Gasteiger partial charge >= 0.3 is 5.97 Å². The molecule has 0 unspecified atom stereocenters. The zero-order valence-corrected chi connectivity index (χ0v) is 9.66. The fourth-order valence-electron chi connectivity index (χ4n) is 2.02. The van der Waals surface area contributed by atoms with Gasteiger partial charge in [0.25, 0.3) is 0 Å². The minimum Gasteiger partial charge on any atom is -0.481 e. The second kappa shape index (κ2) is 6.48. The van der Waals surface area contributed by atoms with Crippen LogP contribution in [0.3, 0.4) is 0 Å². The molecule has 16 heavy (non-hydrogen) atoms. The molecule has 5 nitrogen and oxygen atoms in total. The Morgan fingerprint density at radius 2 is 2.12 bits per heavy atom. The van der Waals surface area contributed by atoms with Gasteiger partial charge < -0.3 is 15.7 Å². The van der Waals surface area contributed by atoms with Crippen molar-refractivity contribution in [3.63, 3.8) is 0 Å². The smallest absolute Gasteiger partial charge is 0.306 e. The number of nitrogens with one attached hydrogen (secondary N) is 2. The van der Waals surface area contributed by atoms with Crippen LogP contribution in [-0.4, -0.2) is 36.1 Å². The highest BCUT2D eigenvalue weighted by Crippen LogP contribution is 2.25. The van der Waals surface area contributed by atoms with Crippen molar-refractivity contribution < 1.29 is 14.7 Å². The van der Waals surface area contributed by atoms with Gasteiger partial charge in [0.05, 0.1) is 5.92 Å². The van der Waals surface area contributed by atoms with Crippen LogP contribution in [0.1, 0.15) is 32.6 Å². The third kappa shape index (κ3) is 4.18. The first-order valence-corrected chi connectivity index (χ1v) is 5.86. The van der Waals surface area contributed by atoms with E-state index in [-0.39, 0.29) is 17.9 Å². The van der Waals surface area contributed by atoms with Gasteiger partial charge in [-0.15, -0.1) is 0 Å². The zero-order valence-electron chi connectivity index (χ0n) is 9.66. The van der Waals surface area contributed by atoms with Crippen molar-refractivity contribution in [1.29, 1.82) is 0 Å². The number of amides is 1. The predicted octanol–water partition coefficient (Wildman–Crippen LogP) is 0.355. The Bertz CT molecular complexity index is 256. The molecule has 2 atom stereocenters. The third-order valence-electron chi connectivity index (χ3n) is 2.93. The molecule has 92 valence electrons. The van der Waals surface area contributed by atoms with Crippen molar-refractivity contribution >= 4 is 11.9 Å². The second-order valence-electron chi connectivity index (χ2n) is 4.22. The quantitative estimate of drug-likeness (QED) is 0.573. The molecule has 1 aliphatic rings. The largest absolute Gasteiger partial charge is 0.481 e. The second-order valence-corrected chi connectivity index (χ2v) is 4.22. The molecular formula is C11H20N2O3. The van der Waals surface area contributed by atoms with E-state index in [0.717, 1.165) is 13.0 Å². The molecule has 1 amide bonds. The Hall–Kier alpha value is -1.10. The van der Waals surface area contributed by atoms with E-state index in [1.807, 2.05) is 6.92 Å². The first-order chi connectivity index (χ1) is 7.63. The Kier molecular flexibility index (Phi) is 5.25. The average Bonchev–Trinajstić information content (AvgIpc) is 2.66. The standard InChI is InChI=1S/C11H20N2O3/c1-2-12-6-5-10(14)13-9-4-3-8(7-9)11(15)16/h8-9,12H,2-7H2,1H3,(H,13,14)(H,15,16)/t8-,9+/m1/s1. The van der Waals surface area contributed by atoms with Gasteiger partial charge in [0.1, 0.15) is 0 Å². The number of rotatable bonds is 6. The van der Waals surface area contributed by atoms with Crippen LogP contribution in [0.25, 0.3) is 0 Å². The van der Waals surface area contributed by atoms with Gasteiger partial charge in [-0.2, -0.15) is 0 Å². The number of carboxylic acids is 1. The van der Waals surface area contributed by atoms with Crippen molar-refractivity contribution in [2.24, 2.45) is 5.92 Å². The normalized spacial score (nSPS) is 24.3. The lowest BCUT2D eigenvalue weighted by atomic mass is 10.1. The van der Waals surface area contributed by atoms with Crippen molar-refractivity contribution in [2.75, 3.05) is 13.1 Å². The van der Waals surface area contributed by atoms with Crippen LogP contribution in [-0.2, 0) is 9.59 Å². The summed E-state index contributed by atoms with van der Waals surface area (Å²) in [5.41, 5.74) is 0. The first-order valence-electron chi connectivity index (χ1n) is 5.86. The summed E-state index contributed by atoms with van der Waals surface area (Å²) in [7, 11) is 0. The summed E-state index contributed by atoms with van der Waals surface area (Å²) in [6.07, 6.45) is 2.49. The van der Waals surface area contributed by atoms with Crippen LogP contribution in [0, 0.1) is 5.92 Å². The Morgan fingerprint density at radius 3 is 2.69 bits per heavy atom. The van der Waals surface area contributed by atoms with Crippen LogP contribution in [0.2, 0.25) is 0 Å². The highest BCUT2D eigenvalue weighted by Gasteiger charge is 2.30. The lowest BCUT2D eigenvalue weighted by molar-refractivity contribution is -0.141. The van der Waals surface area contributed by atoms with Gasteiger partial charge in [0.2, 0.25) is 5.91 Å². The van der Waals surface area contributed by atoms with Gasteiger partial charge in [-0.05, 0) is 25.8 Å². The van der Waals surface area contributed by atoms with E-state index in [1.54, 1.807) is 0 Å². The monoisotopic (exact) mass is 228 g/mol. The summed E-state index contributed by atoms with van der Waals surface area (Å²) in [4.78, 5) is 22.2. The molecule has 0 spiro atoms. The number of aliphatic carboxylic acids is 1. The van der Waals surface area contributed by atoms with Crippen LogP contribution in [0.15, 0.2) is 0 Å². The molecule has 3 N–H and O–H groups in total. The van der Waals surface area contributed by atoms with Gasteiger partial charge in [-0.25, -0.2) is 0 Å². The molecule has 0 aromatic carbocycles. The highest BCUT2D eigenvalue weighted by molar-refractivity contribution is 5.77. The molecule has 0 bridgehead atoms. The first kappa shape index (κ1) is 13.0. The molecule has 1 rings (SSSR count). The van der Waals surface area contributed by atoms with Crippen molar-refractivity contribution in [3.8, 4) is 0 Å². The lowest BCUT2D eigenvalue weighted by Gasteiger charge is -2.12. The summed E-state index contributed by atoms with van der Waals surface area (Å²) < 4.78 is 0. The maximum absolute atomic E-state index is 11.5. The van der Waals surface area contributed by atoms with E-state index >= 15 is 0 Å². The number of carboxylic acid groups (broad SMARTS) is 1. The maximum Gasteiger partial charge on any atom is 0.306 e. The van der Waals surface area contributed by atoms with Gasteiger partial charge in [-0.3, -0.25) is 9.59 Å². The van der Waals surface area contributed by atoms with E-state index in [2.05, 4.69) is 10.6 Å². The molecule has 0 aliphatic heterocycles. The van der Waals surface area contributed by atoms with E-state index in [9.17, 15) is 9.59 Å². The van der Waals surface area contributed by atoms with E-state index in [4.69, 9.17) is 5.11 Å². The molecule has 1 aliphatic carbocycles. The molecular weight excluding hydrogens is 208 g/mol. The fourth-order valence-corrected chi connectivity index (χ4v) is 2.02. The van der Waals surface area contributed by atoms with E-state index in [1.165, 1.54) is 0 Å². The number of hydrogen-bond acceptors (Lipinski definition) is 3. The third-order valence-corrected chi connectivity index (χ3v) is 2.93. The number of carbonyl (C=O) groups excluding carboxylic acids is 1. The molecule has 0 aromatic rings. The van der Waals surface area contributed by atoms with Crippen LogP contribution in [0.5, 0.6) is 0 Å². The maximum atomic E-state index is 11.5. The minimum absolute atomic E-state index is 0.0111. The SMILES string of the molecule is CCNCCC(=O)N[C@H]1CC[C@@H](C(=O)O)C1. The molecule has 1 saturated carbocycles. The molecule has 0 radical (unpaired) electrons. The molecule has 0 heterocycles. The lowest BCUT2D eigenvalue weighted by Crippen LogP contribution is -2.35.